The Kier molecular flexibility index (Phi) is 3.58. The molecule has 0 fully saturated rings. The molecule has 1 aromatic rings. The zero-order chi connectivity index (χ0) is 12.3. The van der Waals surface area contributed by atoms with Crippen LogP contribution in [0.15, 0.2) is 18.2 Å². The number of hydrogen-bond donors (Lipinski definition) is 2. The molecule has 0 unspecified atom stereocenters. The van der Waals surface area contributed by atoms with Crippen LogP contribution in [0.3, 0.4) is 0 Å². The Morgan fingerprint density at radius 2 is 2.00 bits per heavy atom. The van der Waals surface area contributed by atoms with E-state index in [0.717, 1.165) is 5.56 Å². The number of carbonyl (C=O) groups excluding carboxylic acids is 1. The summed E-state index contributed by atoms with van der Waals surface area (Å²) in [5.74, 6) is -0.0558. The fraction of sp³-hybridized carbons (Fsp3) is 0.462. The minimum absolute atomic E-state index is 0.0558. The maximum absolute atomic E-state index is 11.9. The first-order chi connectivity index (χ1) is 7.31. The Morgan fingerprint density at radius 1 is 1.38 bits per heavy atom. The van der Waals surface area contributed by atoms with E-state index in [-0.39, 0.29) is 11.3 Å². The Balaban J connectivity index is 2.78. The van der Waals surface area contributed by atoms with E-state index in [9.17, 15) is 4.79 Å². The highest BCUT2D eigenvalue weighted by Crippen LogP contribution is 2.16. The van der Waals surface area contributed by atoms with Crippen molar-refractivity contribution in [2.75, 3.05) is 12.3 Å². The number of nitrogens with one attached hydrogen (secondary N) is 1. The third-order valence-electron chi connectivity index (χ3n) is 2.40. The summed E-state index contributed by atoms with van der Waals surface area (Å²) in [6.07, 6.45) is 0. The molecule has 0 aliphatic heterocycles. The lowest BCUT2D eigenvalue weighted by molar-refractivity contribution is 0.0939. The highest BCUT2D eigenvalue weighted by molar-refractivity contribution is 5.96. The fourth-order valence-electron chi connectivity index (χ4n) is 1.34. The van der Waals surface area contributed by atoms with Crippen molar-refractivity contribution in [3.63, 3.8) is 0 Å². The average molecular weight is 220 g/mol. The molecule has 0 saturated heterocycles. The van der Waals surface area contributed by atoms with E-state index in [1.807, 2.05) is 6.92 Å². The molecule has 0 heterocycles. The van der Waals surface area contributed by atoms with Gasteiger partial charge in [-0.05, 0) is 30.0 Å². The van der Waals surface area contributed by atoms with Crippen LogP contribution in [0.4, 0.5) is 5.69 Å². The van der Waals surface area contributed by atoms with Crippen molar-refractivity contribution in [2.24, 2.45) is 5.41 Å². The molecule has 0 aromatic heterocycles. The van der Waals surface area contributed by atoms with Crippen LogP contribution in [0.2, 0.25) is 0 Å². The van der Waals surface area contributed by atoms with Crippen LogP contribution in [-0.4, -0.2) is 12.5 Å². The number of benzene rings is 1. The molecule has 0 aliphatic rings. The summed E-state index contributed by atoms with van der Waals surface area (Å²) in [7, 11) is 0. The predicted octanol–water partition coefficient (Wildman–Crippen LogP) is 2.35. The minimum atomic E-state index is -0.0558. The predicted molar refractivity (Wildman–Crippen MR) is 67.4 cm³/mol. The van der Waals surface area contributed by atoms with E-state index < -0.39 is 0 Å². The normalized spacial score (nSPS) is 11.2. The van der Waals surface area contributed by atoms with Crippen molar-refractivity contribution in [2.45, 2.75) is 27.7 Å². The van der Waals surface area contributed by atoms with Crippen molar-refractivity contribution in [3.8, 4) is 0 Å². The topological polar surface area (TPSA) is 55.1 Å². The van der Waals surface area contributed by atoms with E-state index in [0.29, 0.717) is 17.8 Å². The molecule has 0 bridgehead atoms. The molecule has 3 N–H and O–H groups in total. The molecule has 3 heteroatoms. The second-order valence-electron chi connectivity index (χ2n) is 5.26. The first-order valence-corrected chi connectivity index (χ1v) is 5.44. The van der Waals surface area contributed by atoms with E-state index in [1.54, 1.807) is 18.2 Å². The average Bonchev–Trinajstić information content (AvgIpc) is 2.17. The highest BCUT2D eigenvalue weighted by Gasteiger charge is 2.14. The SMILES string of the molecule is Cc1c(N)cccc1C(=O)NCC(C)(C)C. The summed E-state index contributed by atoms with van der Waals surface area (Å²) in [5, 5.41) is 2.91. The smallest absolute Gasteiger partial charge is 0.251 e. The van der Waals surface area contributed by atoms with E-state index in [4.69, 9.17) is 5.73 Å². The van der Waals surface area contributed by atoms with Gasteiger partial charge in [0.2, 0.25) is 0 Å². The van der Waals surface area contributed by atoms with Gasteiger partial charge in [0, 0.05) is 17.8 Å². The maximum atomic E-state index is 11.9. The van der Waals surface area contributed by atoms with Gasteiger partial charge in [-0.25, -0.2) is 0 Å². The lowest BCUT2D eigenvalue weighted by Gasteiger charge is -2.19. The fourth-order valence-corrected chi connectivity index (χ4v) is 1.34. The zero-order valence-corrected chi connectivity index (χ0v) is 10.4. The first-order valence-electron chi connectivity index (χ1n) is 5.44. The molecule has 0 spiro atoms. The van der Waals surface area contributed by atoms with Crippen LogP contribution in [0.5, 0.6) is 0 Å². The molecule has 0 saturated carbocycles. The minimum Gasteiger partial charge on any atom is -0.398 e. The van der Waals surface area contributed by atoms with Crippen molar-refractivity contribution < 1.29 is 4.79 Å². The molecule has 0 aliphatic carbocycles. The molecule has 0 radical (unpaired) electrons. The lowest BCUT2D eigenvalue weighted by atomic mass is 9.96. The summed E-state index contributed by atoms with van der Waals surface area (Å²) in [6, 6.07) is 5.40. The monoisotopic (exact) mass is 220 g/mol. The number of rotatable bonds is 2. The molecule has 1 rings (SSSR count). The standard InChI is InChI=1S/C13H20N2O/c1-9-10(6-5-7-11(9)14)12(16)15-8-13(2,3)4/h5-7H,8,14H2,1-4H3,(H,15,16). The second kappa shape index (κ2) is 4.56. The summed E-state index contributed by atoms with van der Waals surface area (Å²) < 4.78 is 0. The van der Waals surface area contributed by atoms with Gasteiger partial charge in [-0.1, -0.05) is 26.8 Å². The van der Waals surface area contributed by atoms with Crippen molar-refractivity contribution in [3.05, 3.63) is 29.3 Å². The number of anilines is 1. The summed E-state index contributed by atoms with van der Waals surface area (Å²) >= 11 is 0. The quantitative estimate of drug-likeness (QED) is 0.752. The molecule has 0 atom stereocenters. The van der Waals surface area contributed by atoms with Crippen molar-refractivity contribution >= 4 is 11.6 Å². The Morgan fingerprint density at radius 3 is 2.56 bits per heavy atom. The second-order valence-corrected chi connectivity index (χ2v) is 5.26. The molecule has 16 heavy (non-hydrogen) atoms. The van der Waals surface area contributed by atoms with Gasteiger partial charge in [-0.3, -0.25) is 4.79 Å². The lowest BCUT2D eigenvalue weighted by Crippen LogP contribution is -2.32. The molecule has 1 aromatic carbocycles. The van der Waals surface area contributed by atoms with Crippen LogP contribution < -0.4 is 11.1 Å². The van der Waals surface area contributed by atoms with Gasteiger partial charge < -0.3 is 11.1 Å². The summed E-state index contributed by atoms with van der Waals surface area (Å²) in [6.45, 7) is 8.76. The summed E-state index contributed by atoms with van der Waals surface area (Å²) in [5.41, 5.74) is 8.00. The van der Waals surface area contributed by atoms with Crippen molar-refractivity contribution in [1.29, 1.82) is 0 Å². The Bertz CT molecular complexity index is 391. The van der Waals surface area contributed by atoms with E-state index in [2.05, 4.69) is 26.1 Å². The first kappa shape index (κ1) is 12.6. The highest BCUT2D eigenvalue weighted by atomic mass is 16.1. The number of nitrogen functional groups attached to an aromatic ring is 1. The third-order valence-corrected chi connectivity index (χ3v) is 2.40. The maximum Gasteiger partial charge on any atom is 0.251 e. The van der Waals surface area contributed by atoms with Crippen LogP contribution in [-0.2, 0) is 0 Å². The number of hydrogen-bond acceptors (Lipinski definition) is 2. The van der Waals surface area contributed by atoms with Gasteiger partial charge in [-0.15, -0.1) is 0 Å². The van der Waals surface area contributed by atoms with Crippen LogP contribution >= 0.6 is 0 Å². The molecular weight excluding hydrogens is 200 g/mol. The molecule has 1 amide bonds. The summed E-state index contributed by atoms with van der Waals surface area (Å²) in [4.78, 5) is 11.9. The zero-order valence-electron chi connectivity index (χ0n) is 10.4. The Hall–Kier alpha value is -1.51. The number of amides is 1. The Labute approximate surface area is 97.0 Å². The van der Waals surface area contributed by atoms with Gasteiger partial charge in [0.15, 0.2) is 0 Å². The third kappa shape index (κ3) is 3.26. The molecular formula is C13H20N2O. The van der Waals surface area contributed by atoms with E-state index in [1.165, 1.54) is 0 Å². The van der Waals surface area contributed by atoms with Crippen LogP contribution in [0, 0.1) is 12.3 Å². The van der Waals surface area contributed by atoms with Crippen molar-refractivity contribution in [1.82, 2.24) is 5.32 Å². The van der Waals surface area contributed by atoms with Crippen LogP contribution in [0.1, 0.15) is 36.7 Å². The van der Waals surface area contributed by atoms with Gasteiger partial charge >= 0.3 is 0 Å². The number of carbonyl (C=O) groups is 1. The van der Waals surface area contributed by atoms with Gasteiger partial charge in [0.05, 0.1) is 0 Å². The van der Waals surface area contributed by atoms with Gasteiger partial charge in [0.1, 0.15) is 0 Å². The van der Waals surface area contributed by atoms with E-state index >= 15 is 0 Å². The van der Waals surface area contributed by atoms with Gasteiger partial charge in [0.25, 0.3) is 5.91 Å². The van der Waals surface area contributed by atoms with Crippen LogP contribution in [0.25, 0.3) is 0 Å². The molecule has 88 valence electrons. The van der Waals surface area contributed by atoms with Gasteiger partial charge in [-0.2, -0.15) is 0 Å². The molecule has 3 nitrogen and oxygen atoms in total. The number of nitrogens with two attached hydrogens (primary N) is 1. The largest absolute Gasteiger partial charge is 0.398 e.